The maximum atomic E-state index is 12.3. The van der Waals surface area contributed by atoms with Crippen molar-refractivity contribution in [2.75, 3.05) is 18.8 Å². The molecular weight excluding hydrogens is 238 g/mol. The number of anilines is 1. The van der Waals surface area contributed by atoms with Crippen LogP contribution < -0.4 is 11.5 Å². The van der Waals surface area contributed by atoms with Gasteiger partial charge in [0, 0.05) is 24.8 Å². The second-order valence-corrected chi connectivity index (χ2v) is 5.37. The Bertz CT molecular complexity index is 416. The van der Waals surface area contributed by atoms with Gasteiger partial charge >= 0.3 is 0 Å². The summed E-state index contributed by atoms with van der Waals surface area (Å²) in [4.78, 5) is 14.2. The molecule has 19 heavy (non-hydrogen) atoms. The number of carbonyl (C=O) groups excluding carboxylic acids is 1. The Kier molecular flexibility index (Phi) is 4.80. The van der Waals surface area contributed by atoms with E-state index in [1.807, 2.05) is 29.2 Å². The number of nitrogen functional groups attached to an aromatic ring is 1. The monoisotopic (exact) mass is 261 g/mol. The van der Waals surface area contributed by atoms with Crippen molar-refractivity contribution in [1.29, 1.82) is 0 Å². The van der Waals surface area contributed by atoms with Crippen molar-refractivity contribution in [2.24, 2.45) is 5.73 Å². The van der Waals surface area contributed by atoms with E-state index >= 15 is 0 Å². The molecule has 104 valence electrons. The zero-order valence-electron chi connectivity index (χ0n) is 11.3. The molecule has 2 rings (SSSR count). The van der Waals surface area contributed by atoms with Crippen molar-refractivity contribution in [3.63, 3.8) is 0 Å². The average molecular weight is 261 g/mol. The van der Waals surface area contributed by atoms with Crippen LogP contribution in [0.3, 0.4) is 0 Å². The summed E-state index contributed by atoms with van der Waals surface area (Å²) in [5, 5.41) is 0. The van der Waals surface area contributed by atoms with Crippen LogP contribution >= 0.6 is 0 Å². The molecule has 0 aromatic heterocycles. The van der Waals surface area contributed by atoms with Crippen molar-refractivity contribution in [1.82, 2.24) is 4.90 Å². The molecule has 1 amide bonds. The van der Waals surface area contributed by atoms with Crippen LogP contribution in [0.25, 0.3) is 0 Å². The molecule has 1 aliphatic rings. The van der Waals surface area contributed by atoms with Crippen LogP contribution in [0.2, 0.25) is 0 Å². The highest BCUT2D eigenvalue weighted by atomic mass is 16.2. The van der Waals surface area contributed by atoms with Gasteiger partial charge in [0.05, 0.1) is 6.42 Å². The number of hydrogen-bond acceptors (Lipinski definition) is 3. The molecular formula is C15H23N3O. The van der Waals surface area contributed by atoms with E-state index in [2.05, 4.69) is 0 Å². The third-order valence-electron chi connectivity index (χ3n) is 3.65. The zero-order valence-corrected chi connectivity index (χ0v) is 11.3. The third-order valence-corrected chi connectivity index (χ3v) is 3.65. The number of nitrogens with zero attached hydrogens (tertiary/aromatic N) is 1. The zero-order chi connectivity index (χ0) is 13.7. The SMILES string of the molecule is Nc1ccc(CC(=O)N2CCCCCC(N)C2)cc1. The van der Waals surface area contributed by atoms with Crippen LogP contribution in [0.5, 0.6) is 0 Å². The fourth-order valence-electron chi connectivity index (χ4n) is 2.50. The topological polar surface area (TPSA) is 72.4 Å². The van der Waals surface area contributed by atoms with Gasteiger partial charge in [-0.1, -0.05) is 25.0 Å². The maximum Gasteiger partial charge on any atom is 0.227 e. The first-order valence-corrected chi connectivity index (χ1v) is 7.03. The van der Waals surface area contributed by atoms with Crippen LogP contribution in [0, 0.1) is 0 Å². The van der Waals surface area contributed by atoms with E-state index in [-0.39, 0.29) is 11.9 Å². The van der Waals surface area contributed by atoms with Crippen LogP contribution in [0.1, 0.15) is 31.2 Å². The smallest absolute Gasteiger partial charge is 0.227 e. The van der Waals surface area contributed by atoms with Gasteiger partial charge in [0.2, 0.25) is 5.91 Å². The molecule has 0 radical (unpaired) electrons. The van der Waals surface area contributed by atoms with Gasteiger partial charge in [0.15, 0.2) is 0 Å². The molecule has 4 nitrogen and oxygen atoms in total. The number of carbonyl (C=O) groups is 1. The molecule has 1 unspecified atom stereocenters. The van der Waals surface area contributed by atoms with Crippen molar-refractivity contribution in [2.45, 2.75) is 38.1 Å². The summed E-state index contributed by atoms with van der Waals surface area (Å²) in [7, 11) is 0. The molecule has 1 saturated heterocycles. The predicted molar refractivity (Wildman–Crippen MR) is 77.6 cm³/mol. The molecule has 1 heterocycles. The Balaban J connectivity index is 1.95. The van der Waals surface area contributed by atoms with Crippen molar-refractivity contribution in [3.05, 3.63) is 29.8 Å². The minimum Gasteiger partial charge on any atom is -0.399 e. The first-order valence-electron chi connectivity index (χ1n) is 7.03. The summed E-state index contributed by atoms with van der Waals surface area (Å²) in [6, 6.07) is 7.62. The highest BCUT2D eigenvalue weighted by Crippen LogP contribution is 2.12. The van der Waals surface area contributed by atoms with Crippen LogP contribution in [-0.2, 0) is 11.2 Å². The standard InChI is InChI=1S/C15H23N3O/c16-13-7-5-12(6-8-13)10-15(19)18-9-3-1-2-4-14(17)11-18/h5-8,14H,1-4,9-11,16-17H2. The molecule has 0 spiro atoms. The molecule has 0 saturated carbocycles. The number of amides is 1. The average Bonchev–Trinajstić information content (AvgIpc) is 2.36. The summed E-state index contributed by atoms with van der Waals surface area (Å²) < 4.78 is 0. The number of hydrogen-bond donors (Lipinski definition) is 2. The van der Waals surface area contributed by atoms with Crippen molar-refractivity contribution >= 4 is 11.6 Å². The highest BCUT2D eigenvalue weighted by molar-refractivity contribution is 5.79. The highest BCUT2D eigenvalue weighted by Gasteiger charge is 2.18. The molecule has 4 N–H and O–H groups in total. The predicted octanol–water partition coefficient (Wildman–Crippen LogP) is 1.54. The van der Waals surface area contributed by atoms with Gasteiger partial charge in [-0.3, -0.25) is 4.79 Å². The molecule has 1 atom stereocenters. The van der Waals surface area contributed by atoms with Gasteiger partial charge in [0.25, 0.3) is 0 Å². The minimum absolute atomic E-state index is 0.121. The van der Waals surface area contributed by atoms with Crippen molar-refractivity contribution in [3.8, 4) is 0 Å². The number of likely N-dealkylation sites (tertiary alicyclic amines) is 1. The fourth-order valence-corrected chi connectivity index (χ4v) is 2.50. The largest absolute Gasteiger partial charge is 0.399 e. The van der Waals surface area contributed by atoms with E-state index in [1.54, 1.807) is 0 Å². The molecule has 0 aliphatic carbocycles. The number of rotatable bonds is 2. The summed E-state index contributed by atoms with van der Waals surface area (Å²) in [6.07, 6.45) is 4.89. The lowest BCUT2D eigenvalue weighted by Crippen LogP contribution is -2.43. The first-order chi connectivity index (χ1) is 9.15. The third kappa shape index (κ3) is 4.24. The normalized spacial score (nSPS) is 20.7. The van der Waals surface area contributed by atoms with Crippen LogP contribution in [0.4, 0.5) is 5.69 Å². The van der Waals surface area contributed by atoms with E-state index in [0.717, 1.165) is 30.6 Å². The van der Waals surface area contributed by atoms with Gasteiger partial charge < -0.3 is 16.4 Å². The maximum absolute atomic E-state index is 12.3. The van der Waals surface area contributed by atoms with E-state index in [1.165, 1.54) is 12.8 Å². The molecule has 1 aromatic rings. The van der Waals surface area contributed by atoms with Crippen LogP contribution in [0.15, 0.2) is 24.3 Å². The summed E-state index contributed by atoms with van der Waals surface area (Å²) in [5.41, 5.74) is 13.4. The Labute approximate surface area is 114 Å². The molecule has 4 heteroatoms. The second-order valence-electron chi connectivity index (χ2n) is 5.37. The Morgan fingerprint density at radius 2 is 1.95 bits per heavy atom. The lowest BCUT2D eigenvalue weighted by Gasteiger charge is -2.28. The molecule has 1 aliphatic heterocycles. The van der Waals surface area contributed by atoms with Gasteiger partial charge in [-0.05, 0) is 30.5 Å². The second kappa shape index (κ2) is 6.57. The Hall–Kier alpha value is -1.55. The van der Waals surface area contributed by atoms with Gasteiger partial charge in [-0.2, -0.15) is 0 Å². The van der Waals surface area contributed by atoms with Crippen LogP contribution in [-0.4, -0.2) is 29.9 Å². The lowest BCUT2D eigenvalue weighted by molar-refractivity contribution is -0.131. The van der Waals surface area contributed by atoms with Gasteiger partial charge in [-0.25, -0.2) is 0 Å². The number of benzene rings is 1. The lowest BCUT2D eigenvalue weighted by atomic mass is 10.0. The number of nitrogens with two attached hydrogens (primary N) is 2. The summed E-state index contributed by atoms with van der Waals surface area (Å²) in [6.45, 7) is 1.52. The molecule has 0 bridgehead atoms. The molecule has 1 fully saturated rings. The van der Waals surface area contributed by atoms with E-state index in [9.17, 15) is 4.79 Å². The Morgan fingerprint density at radius 1 is 1.21 bits per heavy atom. The molecule has 1 aromatic carbocycles. The summed E-state index contributed by atoms with van der Waals surface area (Å²) in [5.74, 6) is 0.169. The van der Waals surface area contributed by atoms with Gasteiger partial charge in [-0.15, -0.1) is 0 Å². The van der Waals surface area contributed by atoms with Gasteiger partial charge in [0.1, 0.15) is 0 Å². The Morgan fingerprint density at radius 3 is 2.68 bits per heavy atom. The fraction of sp³-hybridized carbons (Fsp3) is 0.533. The first kappa shape index (κ1) is 13.9. The minimum atomic E-state index is 0.121. The van der Waals surface area contributed by atoms with Crippen molar-refractivity contribution < 1.29 is 4.79 Å². The van der Waals surface area contributed by atoms with E-state index < -0.39 is 0 Å². The van der Waals surface area contributed by atoms with E-state index in [0.29, 0.717) is 13.0 Å². The van der Waals surface area contributed by atoms with E-state index in [4.69, 9.17) is 11.5 Å². The summed E-state index contributed by atoms with van der Waals surface area (Å²) >= 11 is 0. The quantitative estimate of drug-likeness (QED) is 0.793.